The minimum absolute atomic E-state index is 0.450. The molecule has 1 N–H and O–H groups in total. The third-order valence-electron chi connectivity index (χ3n) is 2.95. The van der Waals surface area contributed by atoms with E-state index in [1.54, 1.807) is 0 Å². The fraction of sp³-hybridized carbons (Fsp3) is 0.750. The summed E-state index contributed by atoms with van der Waals surface area (Å²) in [5, 5.41) is 7.85. The summed E-state index contributed by atoms with van der Waals surface area (Å²) >= 11 is 0. The molecule has 4 nitrogen and oxygen atoms in total. The van der Waals surface area contributed by atoms with E-state index < -0.39 is 0 Å². The van der Waals surface area contributed by atoms with Gasteiger partial charge >= 0.3 is 0 Å². The van der Waals surface area contributed by atoms with Gasteiger partial charge in [-0.15, -0.1) is 0 Å². The summed E-state index contributed by atoms with van der Waals surface area (Å²) in [4.78, 5) is 0. The number of aryl methyl sites for hydroxylation is 1. The van der Waals surface area contributed by atoms with Crippen LogP contribution in [0.1, 0.15) is 32.6 Å². The maximum Gasteiger partial charge on any atom is 0.124 e. The molecule has 16 heavy (non-hydrogen) atoms. The van der Waals surface area contributed by atoms with Crippen molar-refractivity contribution >= 4 is 5.82 Å². The maximum absolute atomic E-state index is 5.46. The molecule has 2 heterocycles. The second-order valence-electron chi connectivity index (χ2n) is 4.35. The lowest BCUT2D eigenvalue weighted by Gasteiger charge is -2.24. The van der Waals surface area contributed by atoms with E-state index in [0.717, 1.165) is 32.0 Å². The normalized spacial score (nSPS) is 20.9. The monoisotopic (exact) mass is 223 g/mol. The molecule has 0 radical (unpaired) electrons. The molecular weight excluding hydrogens is 202 g/mol. The zero-order valence-corrected chi connectivity index (χ0v) is 9.98. The van der Waals surface area contributed by atoms with E-state index in [0.29, 0.717) is 6.04 Å². The Morgan fingerprint density at radius 1 is 1.62 bits per heavy atom. The largest absolute Gasteiger partial charge is 0.379 e. The minimum atomic E-state index is 0.450. The Bertz CT molecular complexity index is 305. The minimum Gasteiger partial charge on any atom is -0.379 e. The van der Waals surface area contributed by atoms with E-state index in [-0.39, 0.29) is 0 Å². The average molecular weight is 223 g/mol. The summed E-state index contributed by atoms with van der Waals surface area (Å²) in [6.45, 7) is 4.93. The Morgan fingerprint density at radius 2 is 2.56 bits per heavy atom. The zero-order valence-electron chi connectivity index (χ0n) is 9.98. The number of anilines is 1. The van der Waals surface area contributed by atoms with Crippen LogP contribution in [0, 0.1) is 0 Å². The second kappa shape index (κ2) is 5.89. The van der Waals surface area contributed by atoms with Gasteiger partial charge in [-0.1, -0.05) is 13.3 Å². The van der Waals surface area contributed by atoms with Crippen molar-refractivity contribution in [1.82, 2.24) is 9.78 Å². The van der Waals surface area contributed by atoms with Gasteiger partial charge in [0.15, 0.2) is 0 Å². The van der Waals surface area contributed by atoms with Crippen molar-refractivity contribution < 1.29 is 4.74 Å². The van der Waals surface area contributed by atoms with Crippen LogP contribution in [0.2, 0.25) is 0 Å². The summed E-state index contributed by atoms with van der Waals surface area (Å²) in [7, 11) is 0. The number of hydrogen-bond donors (Lipinski definition) is 1. The fourth-order valence-corrected chi connectivity index (χ4v) is 2.01. The van der Waals surface area contributed by atoms with Crippen LogP contribution in [-0.2, 0) is 11.3 Å². The van der Waals surface area contributed by atoms with E-state index in [1.165, 1.54) is 19.3 Å². The van der Waals surface area contributed by atoms with Gasteiger partial charge in [0.25, 0.3) is 0 Å². The third-order valence-corrected chi connectivity index (χ3v) is 2.95. The van der Waals surface area contributed by atoms with Crippen molar-refractivity contribution in [1.29, 1.82) is 0 Å². The number of unbranched alkanes of at least 4 members (excludes halogenated alkanes) is 1. The van der Waals surface area contributed by atoms with Gasteiger partial charge in [-0.3, -0.25) is 0 Å². The molecule has 1 saturated heterocycles. The first-order valence-corrected chi connectivity index (χ1v) is 6.26. The number of ether oxygens (including phenoxy) is 1. The highest BCUT2D eigenvalue weighted by Gasteiger charge is 2.14. The summed E-state index contributed by atoms with van der Waals surface area (Å²) in [6.07, 6.45) is 6.59. The van der Waals surface area contributed by atoms with Crippen molar-refractivity contribution in [2.75, 3.05) is 18.5 Å². The van der Waals surface area contributed by atoms with Gasteiger partial charge in [0.2, 0.25) is 0 Å². The first-order chi connectivity index (χ1) is 7.90. The lowest BCUT2D eigenvalue weighted by Crippen LogP contribution is -2.31. The van der Waals surface area contributed by atoms with Gasteiger partial charge in [0.05, 0.1) is 18.8 Å². The molecular formula is C12H21N3O. The van der Waals surface area contributed by atoms with Gasteiger partial charge in [-0.25, -0.2) is 4.68 Å². The number of nitrogens with one attached hydrogen (secondary N) is 1. The highest BCUT2D eigenvalue weighted by molar-refractivity contribution is 5.35. The average Bonchev–Trinajstić information content (AvgIpc) is 2.75. The number of aromatic nitrogens is 2. The van der Waals surface area contributed by atoms with Gasteiger partial charge in [-0.05, 0) is 19.3 Å². The molecule has 2 rings (SSSR count). The predicted molar refractivity (Wildman–Crippen MR) is 64.6 cm³/mol. The van der Waals surface area contributed by atoms with Gasteiger partial charge in [-0.2, -0.15) is 5.10 Å². The Hall–Kier alpha value is -1.03. The fourth-order valence-electron chi connectivity index (χ4n) is 2.01. The Kier molecular flexibility index (Phi) is 4.22. The highest BCUT2D eigenvalue weighted by Crippen LogP contribution is 2.14. The quantitative estimate of drug-likeness (QED) is 0.832. The molecule has 1 aliphatic rings. The topological polar surface area (TPSA) is 39.1 Å². The van der Waals surface area contributed by atoms with Crippen molar-refractivity contribution in [2.45, 2.75) is 45.2 Å². The highest BCUT2D eigenvalue weighted by atomic mass is 16.5. The number of hydrogen-bond acceptors (Lipinski definition) is 3. The van der Waals surface area contributed by atoms with E-state index in [4.69, 9.17) is 4.74 Å². The molecule has 1 aliphatic heterocycles. The van der Waals surface area contributed by atoms with Gasteiger partial charge < -0.3 is 10.1 Å². The Morgan fingerprint density at radius 3 is 3.31 bits per heavy atom. The lowest BCUT2D eigenvalue weighted by atomic mass is 10.1. The van der Waals surface area contributed by atoms with E-state index in [9.17, 15) is 0 Å². The van der Waals surface area contributed by atoms with Crippen molar-refractivity contribution in [3.63, 3.8) is 0 Å². The van der Waals surface area contributed by atoms with Crippen molar-refractivity contribution in [3.8, 4) is 0 Å². The number of nitrogens with zero attached hydrogens (tertiary/aromatic N) is 2. The van der Waals surface area contributed by atoms with E-state index in [1.807, 2.05) is 12.3 Å². The van der Waals surface area contributed by atoms with Gasteiger partial charge in [0.1, 0.15) is 5.82 Å². The molecule has 0 spiro atoms. The molecule has 0 saturated carbocycles. The molecule has 0 amide bonds. The first kappa shape index (κ1) is 11.5. The summed E-state index contributed by atoms with van der Waals surface area (Å²) in [5.41, 5.74) is 0. The third kappa shape index (κ3) is 2.98. The van der Waals surface area contributed by atoms with E-state index >= 15 is 0 Å². The summed E-state index contributed by atoms with van der Waals surface area (Å²) < 4.78 is 7.51. The van der Waals surface area contributed by atoms with Crippen LogP contribution >= 0.6 is 0 Å². The number of rotatable bonds is 5. The predicted octanol–water partition coefficient (Wildman–Crippen LogP) is 2.27. The second-order valence-corrected chi connectivity index (χ2v) is 4.35. The molecule has 0 aromatic carbocycles. The van der Waals surface area contributed by atoms with Crippen LogP contribution in [-0.4, -0.2) is 29.0 Å². The zero-order chi connectivity index (χ0) is 11.2. The summed E-state index contributed by atoms with van der Waals surface area (Å²) in [5.74, 6) is 1.13. The van der Waals surface area contributed by atoms with Crippen LogP contribution in [0.3, 0.4) is 0 Å². The Labute approximate surface area is 97.0 Å². The van der Waals surface area contributed by atoms with Crippen LogP contribution in [0.25, 0.3) is 0 Å². The maximum atomic E-state index is 5.46. The molecule has 1 aromatic heterocycles. The van der Waals surface area contributed by atoms with Crippen LogP contribution < -0.4 is 5.32 Å². The van der Waals surface area contributed by atoms with Crippen molar-refractivity contribution in [3.05, 3.63) is 12.3 Å². The molecule has 1 fully saturated rings. The SMILES string of the molecule is CCCCn1nccc1N[C@@H]1CCCOC1. The Balaban J connectivity index is 1.89. The standard InChI is InChI=1S/C12H21N3O/c1-2-3-8-15-12(6-7-13-15)14-11-5-4-9-16-10-11/h6-7,11,14H,2-5,8-10H2,1H3/t11-/m1/s1. The lowest BCUT2D eigenvalue weighted by molar-refractivity contribution is 0.0874. The van der Waals surface area contributed by atoms with E-state index in [2.05, 4.69) is 22.0 Å². The summed E-state index contributed by atoms with van der Waals surface area (Å²) in [6, 6.07) is 2.50. The van der Waals surface area contributed by atoms with Crippen LogP contribution in [0.5, 0.6) is 0 Å². The first-order valence-electron chi connectivity index (χ1n) is 6.26. The van der Waals surface area contributed by atoms with Crippen LogP contribution in [0.15, 0.2) is 12.3 Å². The van der Waals surface area contributed by atoms with Crippen LogP contribution in [0.4, 0.5) is 5.82 Å². The smallest absolute Gasteiger partial charge is 0.124 e. The molecule has 1 aromatic rings. The molecule has 0 aliphatic carbocycles. The molecule has 4 heteroatoms. The molecule has 0 bridgehead atoms. The van der Waals surface area contributed by atoms with Crippen molar-refractivity contribution in [2.24, 2.45) is 0 Å². The molecule has 90 valence electrons. The molecule has 0 unspecified atom stereocenters. The van der Waals surface area contributed by atoms with Gasteiger partial charge in [0, 0.05) is 19.2 Å². The molecule has 1 atom stereocenters.